The van der Waals surface area contributed by atoms with Crippen molar-refractivity contribution in [2.75, 3.05) is 0 Å². The molecule has 1 nitrogen and oxygen atoms in total. The first-order valence-corrected chi connectivity index (χ1v) is 10.8. The Hall–Kier alpha value is -1.24. The molecule has 0 spiro atoms. The lowest BCUT2D eigenvalue weighted by molar-refractivity contribution is 0.656. The molecular formula is C20H21OPS. The average molecular weight is 340 g/mol. The summed E-state index contributed by atoms with van der Waals surface area (Å²) in [7, 11) is -1.17. The molecule has 2 unspecified atom stereocenters. The molecule has 4 rings (SSSR count). The quantitative estimate of drug-likeness (QED) is 0.595. The minimum absolute atomic E-state index is 0.260. The second-order valence-corrected chi connectivity index (χ2v) is 10.6. The maximum atomic E-state index is 13.2. The van der Waals surface area contributed by atoms with Crippen molar-refractivity contribution >= 4 is 24.0 Å². The van der Waals surface area contributed by atoms with Gasteiger partial charge in [0.1, 0.15) is 0 Å². The summed E-state index contributed by atoms with van der Waals surface area (Å²) in [6, 6.07) is 20.9. The van der Waals surface area contributed by atoms with Crippen molar-refractivity contribution in [1.29, 1.82) is 0 Å². The molecule has 2 aliphatic rings. The fraction of sp³-hybridized carbons (Fsp3) is 0.300. The number of hydrogen-bond acceptors (Lipinski definition) is 1. The molecule has 1 saturated heterocycles. The van der Waals surface area contributed by atoms with Gasteiger partial charge in [0.25, 0.3) is 0 Å². The first-order valence-electron chi connectivity index (χ1n) is 8.15. The molecule has 1 fully saturated rings. The number of benzene rings is 2. The summed E-state index contributed by atoms with van der Waals surface area (Å²) in [6.07, 6.45) is 1.08. The van der Waals surface area contributed by atoms with E-state index in [4.69, 9.17) is 0 Å². The van der Waals surface area contributed by atoms with Crippen LogP contribution in [0.4, 0.5) is 0 Å². The predicted molar refractivity (Wildman–Crippen MR) is 100 cm³/mol. The molecular weight excluding hydrogens is 319 g/mol. The van der Waals surface area contributed by atoms with Crippen LogP contribution in [-0.2, 0) is 10.8 Å². The highest BCUT2D eigenvalue weighted by Crippen LogP contribution is 2.66. The molecule has 23 heavy (non-hydrogen) atoms. The van der Waals surface area contributed by atoms with Gasteiger partial charge in [-0.15, -0.1) is 0 Å². The Morgan fingerprint density at radius 3 is 2.17 bits per heavy atom. The van der Waals surface area contributed by atoms with Crippen LogP contribution in [0.3, 0.4) is 0 Å². The van der Waals surface area contributed by atoms with E-state index >= 15 is 0 Å². The molecule has 2 aromatic carbocycles. The van der Waals surface area contributed by atoms with Gasteiger partial charge in [0.2, 0.25) is 0 Å². The summed E-state index contributed by atoms with van der Waals surface area (Å²) in [5.41, 5.74) is 4.17. The third-order valence-corrected chi connectivity index (χ3v) is 10.8. The zero-order valence-electron chi connectivity index (χ0n) is 13.5. The molecule has 0 radical (unpaired) electrons. The molecule has 2 aromatic rings. The highest BCUT2D eigenvalue weighted by molar-refractivity contribution is 7.87. The van der Waals surface area contributed by atoms with Gasteiger partial charge < -0.3 is 0 Å². The molecule has 2 bridgehead atoms. The number of allylic oxidation sites excluding steroid dienone is 2. The van der Waals surface area contributed by atoms with Gasteiger partial charge in [-0.2, -0.15) is 0 Å². The Bertz CT molecular complexity index is 769. The molecule has 0 aromatic heterocycles. The Labute approximate surface area is 142 Å². The van der Waals surface area contributed by atoms with Crippen molar-refractivity contribution in [3.63, 3.8) is 0 Å². The fourth-order valence-corrected chi connectivity index (χ4v) is 10.3. The van der Waals surface area contributed by atoms with Crippen molar-refractivity contribution < 1.29 is 4.21 Å². The van der Waals surface area contributed by atoms with E-state index in [2.05, 4.69) is 44.2 Å². The lowest BCUT2D eigenvalue weighted by atomic mass is 9.94. The Kier molecular flexibility index (Phi) is 3.99. The van der Waals surface area contributed by atoms with Gasteiger partial charge in [-0.05, 0) is 37.7 Å². The maximum absolute atomic E-state index is 13.2. The van der Waals surface area contributed by atoms with E-state index < -0.39 is 10.8 Å². The molecule has 0 amide bonds. The minimum atomic E-state index is -0.906. The van der Waals surface area contributed by atoms with E-state index in [1.54, 1.807) is 5.57 Å². The molecule has 0 N–H and O–H groups in total. The van der Waals surface area contributed by atoms with Crippen LogP contribution in [0.15, 0.2) is 76.7 Å². The smallest absolute Gasteiger partial charge is 0.0570 e. The van der Waals surface area contributed by atoms with E-state index in [9.17, 15) is 4.21 Å². The number of fused-ring (bicyclic) bond motifs is 2. The van der Waals surface area contributed by atoms with E-state index in [0.717, 1.165) is 11.3 Å². The molecule has 5 atom stereocenters. The van der Waals surface area contributed by atoms with E-state index in [1.165, 1.54) is 10.9 Å². The molecule has 2 heterocycles. The van der Waals surface area contributed by atoms with Gasteiger partial charge in [-0.1, -0.05) is 67.6 Å². The van der Waals surface area contributed by atoms with E-state index in [0.29, 0.717) is 11.3 Å². The maximum Gasteiger partial charge on any atom is 0.0570 e. The van der Waals surface area contributed by atoms with Crippen LogP contribution in [0.25, 0.3) is 0 Å². The monoisotopic (exact) mass is 340 g/mol. The van der Waals surface area contributed by atoms with Gasteiger partial charge in [0.05, 0.1) is 16.0 Å². The average Bonchev–Trinajstić information content (AvgIpc) is 3.11. The highest BCUT2D eigenvalue weighted by Gasteiger charge is 2.52. The van der Waals surface area contributed by atoms with Crippen molar-refractivity contribution in [3.05, 3.63) is 71.8 Å². The lowest BCUT2D eigenvalue weighted by Crippen LogP contribution is -2.28. The van der Waals surface area contributed by atoms with E-state index in [-0.39, 0.29) is 13.2 Å². The fourth-order valence-electron chi connectivity index (χ4n) is 4.08. The van der Waals surface area contributed by atoms with Crippen LogP contribution in [0.5, 0.6) is 0 Å². The van der Waals surface area contributed by atoms with Crippen LogP contribution in [0.2, 0.25) is 0 Å². The van der Waals surface area contributed by atoms with Crippen molar-refractivity contribution in [2.24, 2.45) is 0 Å². The lowest BCUT2D eigenvalue weighted by Gasteiger charge is -2.24. The standard InChI is InChI=1S/C20H21OPS/c1-14-15(2)20-19(23(21)17-11-7-4-8-12-17)13-18(14)22(20)16-9-5-3-6-10-16/h3-12,18-20H,13H2,1-2H3/t18-,19+,20-,22?,23?/m1/s1. The SMILES string of the molecule is CC1=C(C)[C@@H]2[C@@H](S(=O)c3ccccc3)C[C@H]1P2c1ccccc1. The first-order chi connectivity index (χ1) is 11.2. The Morgan fingerprint density at radius 2 is 1.52 bits per heavy atom. The van der Waals surface area contributed by atoms with Gasteiger partial charge in [0, 0.05) is 16.2 Å². The summed E-state index contributed by atoms with van der Waals surface area (Å²) in [6.45, 7) is 4.56. The normalized spacial score (nSPS) is 30.7. The van der Waals surface area contributed by atoms with Crippen LogP contribution < -0.4 is 5.30 Å². The molecule has 0 saturated carbocycles. The minimum Gasteiger partial charge on any atom is -0.254 e. The first kappa shape index (κ1) is 15.3. The highest BCUT2D eigenvalue weighted by atomic mass is 32.2. The van der Waals surface area contributed by atoms with Crippen LogP contribution in [0, 0.1) is 0 Å². The molecule has 2 aliphatic heterocycles. The summed E-state index contributed by atoms with van der Waals surface area (Å²) >= 11 is 0. The third kappa shape index (κ3) is 2.44. The van der Waals surface area contributed by atoms with Crippen molar-refractivity contribution in [2.45, 2.75) is 41.7 Å². The molecule has 0 aliphatic carbocycles. The van der Waals surface area contributed by atoms with Gasteiger partial charge >= 0.3 is 0 Å². The summed E-state index contributed by atoms with van der Waals surface area (Å²) in [5, 5.41) is 1.75. The largest absolute Gasteiger partial charge is 0.254 e. The topological polar surface area (TPSA) is 17.1 Å². The van der Waals surface area contributed by atoms with Gasteiger partial charge in [-0.3, -0.25) is 4.21 Å². The Balaban J connectivity index is 1.71. The molecule has 118 valence electrons. The van der Waals surface area contributed by atoms with Gasteiger partial charge in [-0.25, -0.2) is 0 Å². The zero-order chi connectivity index (χ0) is 16.0. The Morgan fingerprint density at radius 1 is 0.913 bits per heavy atom. The predicted octanol–water partition coefficient (Wildman–Crippen LogP) is 4.46. The second kappa shape index (κ2) is 6.00. The van der Waals surface area contributed by atoms with Gasteiger partial charge in [0.15, 0.2) is 0 Å². The number of rotatable bonds is 3. The van der Waals surface area contributed by atoms with Crippen LogP contribution in [-0.4, -0.2) is 20.8 Å². The second-order valence-electron chi connectivity index (χ2n) is 6.45. The van der Waals surface area contributed by atoms with Crippen molar-refractivity contribution in [3.8, 4) is 0 Å². The summed E-state index contributed by atoms with van der Waals surface area (Å²) < 4.78 is 13.2. The summed E-state index contributed by atoms with van der Waals surface area (Å²) in [5.74, 6) is 0. The van der Waals surface area contributed by atoms with E-state index in [1.807, 2.05) is 30.3 Å². The summed E-state index contributed by atoms with van der Waals surface area (Å²) in [4.78, 5) is 0.985. The third-order valence-electron chi connectivity index (χ3n) is 5.31. The van der Waals surface area contributed by atoms with Crippen LogP contribution in [0.1, 0.15) is 20.3 Å². The number of hydrogen-bond donors (Lipinski definition) is 0. The van der Waals surface area contributed by atoms with Crippen molar-refractivity contribution in [1.82, 2.24) is 0 Å². The zero-order valence-corrected chi connectivity index (χ0v) is 15.2. The molecule has 3 heteroatoms. The van der Waals surface area contributed by atoms with Crippen LogP contribution >= 0.6 is 7.92 Å².